The Hall–Kier alpha value is -0.510. The van der Waals surface area contributed by atoms with Crippen LogP contribution in [0.2, 0.25) is 5.02 Å². The van der Waals surface area contributed by atoms with Crippen LogP contribution in [0.15, 0.2) is 45.3 Å². The molecule has 0 heterocycles. The standard InChI is InChI=1S/C15H12Br2ClN/c16-10-2-4-12-9(7-10)1-6-15(12)19-11-3-5-14(18)13(17)8-11/h2-5,7-8,15,19H,1,6H2. The third kappa shape index (κ3) is 2.83. The lowest BCUT2D eigenvalue weighted by Crippen LogP contribution is -2.06. The molecule has 1 unspecified atom stereocenters. The van der Waals surface area contributed by atoms with Gasteiger partial charge in [0, 0.05) is 14.6 Å². The molecule has 4 heteroatoms. The van der Waals surface area contributed by atoms with Gasteiger partial charge in [0.25, 0.3) is 0 Å². The molecule has 0 aromatic heterocycles. The quantitative estimate of drug-likeness (QED) is 0.654. The molecule has 0 bridgehead atoms. The van der Waals surface area contributed by atoms with E-state index in [1.54, 1.807) is 0 Å². The normalized spacial score (nSPS) is 17.3. The second kappa shape index (κ2) is 5.47. The summed E-state index contributed by atoms with van der Waals surface area (Å²) in [4.78, 5) is 0. The van der Waals surface area contributed by atoms with Crippen LogP contribution in [0.1, 0.15) is 23.6 Å². The summed E-state index contributed by atoms with van der Waals surface area (Å²) in [6.45, 7) is 0. The van der Waals surface area contributed by atoms with Gasteiger partial charge < -0.3 is 5.32 Å². The highest BCUT2D eigenvalue weighted by atomic mass is 79.9. The molecule has 1 N–H and O–H groups in total. The smallest absolute Gasteiger partial charge is 0.0549 e. The molecule has 0 aliphatic heterocycles. The summed E-state index contributed by atoms with van der Waals surface area (Å²) in [5, 5.41) is 4.32. The highest BCUT2D eigenvalue weighted by molar-refractivity contribution is 9.10. The average Bonchev–Trinajstić information content (AvgIpc) is 2.76. The first-order chi connectivity index (χ1) is 9.13. The van der Waals surface area contributed by atoms with Crippen molar-refractivity contribution in [2.24, 2.45) is 0 Å². The van der Waals surface area contributed by atoms with Crippen LogP contribution in [0, 0.1) is 0 Å². The van der Waals surface area contributed by atoms with Crippen molar-refractivity contribution in [1.29, 1.82) is 0 Å². The van der Waals surface area contributed by atoms with Gasteiger partial charge in [-0.2, -0.15) is 0 Å². The third-order valence-corrected chi connectivity index (χ3v) is 5.15. The monoisotopic (exact) mass is 399 g/mol. The zero-order valence-corrected chi connectivity index (χ0v) is 14.0. The van der Waals surface area contributed by atoms with E-state index in [1.807, 2.05) is 18.2 Å². The fourth-order valence-electron chi connectivity index (χ4n) is 2.52. The van der Waals surface area contributed by atoms with Gasteiger partial charge in [-0.25, -0.2) is 0 Å². The van der Waals surface area contributed by atoms with E-state index in [2.05, 4.69) is 55.4 Å². The summed E-state index contributed by atoms with van der Waals surface area (Å²) in [6, 6.07) is 12.9. The van der Waals surface area contributed by atoms with Crippen molar-refractivity contribution in [1.82, 2.24) is 0 Å². The van der Waals surface area contributed by atoms with Gasteiger partial charge in [-0.1, -0.05) is 33.6 Å². The maximum atomic E-state index is 6.02. The van der Waals surface area contributed by atoms with Crippen molar-refractivity contribution in [2.75, 3.05) is 5.32 Å². The molecule has 3 rings (SSSR count). The molecular formula is C15H12Br2ClN. The van der Waals surface area contributed by atoms with E-state index in [9.17, 15) is 0 Å². The molecule has 1 atom stereocenters. The highest BCUT2D eigenvalue weighted by Crippen LogP contribution is 2.36. The fraction of sp³-hybridized carbons (Fsp3) is 0.200. The molecule has 2 aromatic rings. The van der Waals surface area contributed by atoms with E-state index in [1.165, 1.54) is 11.1 Å². The summed E-state index contributed by atoms with van der Waals surface area (Å²) < 4.78 is 2.08. The molecule has 98 valence electrons. The summed E-state index contributed by atoms with van der Waals surface area (Å²) >= 11 is 13.0. The number of aryl methyl sites for hydroxylation is 1. The summed E-state index contributed by atoms with van der Waals surface area (Å²) in [5.41, 5.74) is 3.92. The molecule has 0 radical (unpaired) electrons. The van der Waals surface area contributed by atoms with Crippen molar-refractivity contribution in [3.8, 4) is 0 Å². The maximum absolute atomic E-state index is 6.02. The molecule has 19 heavy (non-hydrogen) atoms. The number of anilines is 1. The van der Waals surface area contributed by atoms with E-state index >= 15 is 0 Å². The molecule has 1 aliphatic carbocycles. The van der Waals surface area contributed by atoms with Gasteiger partial charge in [0.05, 0.1) is 11.1 Å². The predicted octanol–water partition coefficient (Wildman–Crippen LogP) is 5.96. The van der Waals surface area contributed by atoms with E-state index in [0.29, 0.717) is 6.04 Å². The zero-order chi connectivity index (χ0) is 13.4. The Morgan fingerprint density at radius 3 is 2.74 bits per heavy atom. The van der Waals surface area contributed by atoms with Crippen LogP contribution in [0.4, 0.5) is 5.69 Å². The summed E-state index contributed by atoms with van der Waals surface area (Å²) in [5.74, 6) is 0. The van der Waals surface area contributed by atoms with Crippen LogP contribution in [-0.2, 0) is 6.42 Å². The molecular weight excluding hydrogens is 389 g/mol. The van der Waals surface area contributed by atoms with E-state index in [0.717, 1.165) is 32.5 Å². The van der Waals surface area contributed by atoms with Crippen LogP contribution in [0.25, 0.3) is 0 Å². The Kier molecular flexibility index (Phi) is 3.88. The number of nitrogens with one attached hydrogen (secondary N) is 1. The number of rotatable bonds is 2. The molecule has 0 spiro atoms. The number of hydrogen-bond acceptors (Lipinski definition) is 1. The molecule has 2 aromatic carbocycles. The minimum Gasteiger partial charge on any atom is -0.378 e. The number of hydrogen-bond donors (Lipinski definition) is 1. The van der Waals surface area contributed by atoms with Crippen molar-refractivity contribution >= 4 is 49.1 Å². The van der Waals surface area contributed by atoms with Gasteiger partial charge in [-0.05, 0) is 70.2 Å². The Balaban J connectivity index is 1.84. The first kappa shape index (κ1) is 13.5. The van der Waals surface area contributed by atoms with Gasteiger partial charge in [-0.3, -0.25) is 0 Å². The van der Waals surface area contributed by atoms with Crippen LogP contribution < -0.4 is 5.32 Å². The van der Waals surface area contributed by atoms with E-state index in [4.69, 9.17) is 11.6 Å². The number of fused-ring (bicyclic) bond motifs is 1. The van der Waals surface area contributed by atoms with Gasteiger partial charge in [0.15, 0.2) is 0 Å². The summed E-state index contributed by atoms with van der Waals surface area (Å²) in [7, 11) is 0. The van der Waals surface area contributed by atoms with Crippen LogP contribution in [-0.4, -0.2) is 0 Å². The fourth-order valence-corrected chi connectivity index (χ4v) is 3.43. The third-order valence-electron chi connectivity index (χ3n) is 3.44. The molecule has 0 saturated heterocycles. The van der Waals surface area contributed by atoms with Gasteiger partial charge in [0.1, 0.15) is 0 Å². The Morgan fingerprint density at radius 2 is 1.95 bits per heavy atom. The van der Waals surface area contributed by atoms with E-state index < -0.39 is 0 Å². The Bertz CT molecular complexity index is 628. The Morgan fingerprint density at radius 1 is 1.11 bits per heavy atom. The number of halogens is 3. The van der Waals surface area contributed by atoms with Gasteiger partial charge in [-0.15, -0.1) is 0 Å². The lowest BCUT2D eigenvalue weighted by atomic mass is 10.1. The number of benzene rings is 2. The van der Waals surface area contributed by atoms with Crippen molar-refractivity contribution in [3.05, 3.63) is 61.5 Å². The first-order valence-corrected chi connectivity index (χ1v) is 8.10. The molecule has 1 aliphatic rings. The van der Waals surface area contributed by atoms with Crippen LogP contribution in [0.5, 0.6) is 0 Å². The maximum Gasteiger partial charge on any atom is 0.0549 e. The van der Waals surface area contributed by atoms with Crippen molar-refractivity contribution in [3.63, 3.8) is 0 Å². The summed E-state index contributed by atoms with van der Waals surface area (Å²) in [6.07, 6.45) is 2.26. The molecule has 1 nitrogen and oxygen atoms in total. The minimum atomic E-state index is 0.385. The van der Waals surface area contributed by atoms with Gasteiger partial charge in [0.2, 0.25) is 0 Å². The molecule has 0 amide bonds. The second-order valence-corrected chi connectivity index (χ2v) is 6.88. The van der Waals surface area contributed by atoms with E-state index in [-0.39, 0.29) is 0 Å². The lowest BCUT2D eigenvalue weighted by Gasteiger charge is -2.16. The largest absolute Gasteiger partial charge is 0.378 e. The lowest BCUT2D eigenvalue weighted by molar-refractivity contribution is 0.762. The average molecular weight is 402 g/mol. The SMILES string of the molecule is Clc1ccc(NC2CCc3cc(Br)ccc32)cc1Br. The second-order valence-electron chi connectivity index (χ2n) is 4.71. The van der Waals surface area contributed by atoms with Crippen molar-refractivity contribution in [2.45, 2.75) is 18.9 Å². The predicted molar refractivity (Wildman–Crippen MR) is 88.0 cm³/mol. The zero-order valence-electron chi connectivity index (χ0n) is 10.1. The van der Waals surface area contributed by atoms with Gasteiger partial charge >= 0.3 is 0 Å². The van der Waals surface area contributed by atoms with Crippen LogP contribution >= 0.6 is 43.5 Å². The van der Waals surface area contributed by atoms with Crippen molar-refractivity contribution < 1.29 is 0 Å². The highest BCUT2D eigenvalue weighted by Gasteiger charge is 2.22. The topological polar surface area (TPSA) is 12.0 Å². The first-order valence-electron chi connectivity index (χ1n) is 6.13. The van der Waals surface area contributed by atoms with Crippen LogP contribution in [0.3, 0.4) is 0 Å². The molecule has 0 saturated carbocycles. The Labute approximate surface area is 134 Å². The minimum absolute atomic E-state index is 0.385. The molecule has 0 fully saturated rings.